The van der Waals surface area contributed by atoms with Crippen LogP contribution in [0.15, 0.2) is 334 Å². The van der Waals surface area contributed by atoms with E-state index in [9.17, 15) is 0 Å². The molecule has 3 aromatic heterocycles. The van der Waals surface area contributed by atoms with E-state index in [2.05, 4.69) is 357 Å². The van der Waals surface area contributed by atoms with Gasteiger partial charge in [0, 0.05) is 89.8 Å². The zero-order valence-corrected chi connectivity index (χ0v) is 50.1. The van der Waals surface area contributed by atoms with Gasteiger partial charge in [-0.25, -0.2) is 0 Å². The molecule has 5 heterocycles. The lowest BCUT2D eigenvalue weighted by Gasteiger charge is -2.41. The van der Waals surface area contributed by atoms with E-state index in [1.54, 1.807) is 0 Å². The minimum absolute atomic E-state index is 0.0316. The lowest BCUT2D eigenvalue weighted by molar-refractivity contribution is 0.487. The summed E-state index contributed by atoms with van der Waals surface area (Å²) in [6, 6.07) is 122. The zero-order valence-electron chi connectivity index (χ0n) is 50.1. The van der Waals surface area contributed by atoms with Gasteiger partial charge in [0.15, 0.2) is 0 Å². The summed E-state index contributed by atoms with van der Waals surface area (Å²) >= 11 is 0. The van der Waals surface area contributed by atoms with Gasteiger partial charge in [0.2, 0.25) is 0 Å². The van der Waals surface area contributed by atoms with Crippen molar-refractivity contribution in [3.05, 3.63) is 350 Å². The molecule has 0 radical (unpaired) electrons. The Bertz CT molecular complexity index is 5580. The largest absolute Gasteiger partial charge is 0.458 e. The lowest BCUT2D eigenvalue weighted by atomic mass is 9.34. The van der Waals surface area contributed by atoms with Crippen LogP contribution in [-0.4, -0.2) is 20.4 Å². The average molecular weight is 1170 g/mol. The third-order valence-corrected chi connectivity index (χ3v) is 19.3. The highest BCUT2D eigenvalue weighted by molar-refractivity contribution is 6.99. The summed E-state index contributed by atoms with van der Waals surface area (Å²) in [4.78, 5) is 4.86. The third-order valence-electron chi connectivity index (χ3n) is 19.3. The first-order chi connectivity index (χ1) is 45.7. The average Bonchev–Trinajstić information content (AvgIpc) is 1.44. The second-order valence-corrected chi connectivity index (χ2v) is 24.3. The van der Waals surface area contributed by atoms with Crippen LogP contribution < -0.4 is 30.9 Å². The van der Waals surface area contributed by atoms with E-state index in [4.69, 9.17) is 4.74 Å². The van der Waals surface area contributed by atoms with Gasteiger partial charge in [0.25, 0.3) is 6.71 Å². The predicted octanol–water partition coefficient (Wildman–Crippen LogP) is 20.0. The van der Waals surface area contributed by atoms with Gasteiger partial charge in [-0.3, -0.25) is 0 Å². The maximum Gasteiger partial charge on any atom is 0.256 e. The summed E-state index contributed by atoms with van der Waals surface area (Å²) in [7, 11) is 0. The van der Waals surface area contributed by atoms with E-state index in [1.807, 2.05) is 0 Å². The number of hydrogen-bond donors (Lipinski definition) is 0. The molecule has 6 nitrogen and oxygen atoms in total. The van der Waals surface area contributed by atoms with Crippen molar-refractivity contribution in [3.8, 4) is 28.6 Å². The molecule has 17 aromatic rings. The molecule has 19 rings (SSSR count). The number of hydrogen-bond acceptors (Lipinski definition) is 3. The maximum absolute atomic E-state index is 7.58. The van der Waals surface area contributed by atoms with Crippen molar-refractivity contribution in [2.24, 2.45) is 0 Å². The maximum atomic E-state index is 7.58. The predicted molar refractivity (Wildman–Crippen MR) is 384 cm³/mol. The molecule has 0 aliphatic carbocycles. The van der Waals surface area contributed by atoms with Crippen LogP contribution >= 0.6 is 0 Å². The van der Waals surface area contributed by atoms with Crippen molar-refractivity contribution in [3.63, 3.8) is 0 Å². The first kappa shape index (κ1) is 51.9. The Kier molecular flexibility index (Phi) is 11.7. The summed E-state index contributed by atoms with van der Waals surface area (Å²) in [5.74, 6) is 1.62. The fraction of sp³-hybridized carbons (Fsp3) is 0.0118. The summed E-state index contributed by atoms with van der Waals surface area (Å²) in [5, 5.41) is 7.21. The molecule has 14 aromatic carbocycles. The second kappa shape index (κ2) is 20.8. The van der Waals surface area contributed by atoms with Gasteiger partial charge in [-0.1, -0.05) is 218 Å². The Labute approximate surface area is 532 Å². The van der Waals surface area contributed by atoms with Crippen molar-refractivity contribution in [1.29, 1.82) is 0 Å². The van der Waals surface area contributed by atoms with E-state index in [-0.39, 0.29) is 12.6 Å². The van der Waals surface area contributed by atoms with Gasteiger partial charge in [-0.15, -0.1) is 0 Å². The molecule has 0 N–H and O–H groups in total. The normalized spacial score (nSPS) is 12.5. The fourth-order valence-corrected chi connectivity index (χ4v) is 15.6. The minimum atomic E-state index is -0.240. The number of ether oxygens (including phenoxy) is 1. The highest BCUT2D eigenvalue weighted by atomic mass is 16.5. The van der Waals surface area contributed by atoms with Crippen molar-refractivity contribution < 1.29 is 4.74 Å². The molecule has 0 bridgehead atoms. The second-order valence-electron chi connectivity index (χ2n) is 24.3. The smallest absolute Gasteiger partial charge is 0.256 e. The first-order valence-corrected chi connectivity index (χ1v) is 31.7. The van der Waals surface area contributed by atoms with E-state index in [0.29, 0.717) is 0 Å². The molecule has 92 heavy (non-hydrogen) atoms. The number of rotatable bonds is 10. The van der Waals surface area contributed by atoms with Gasteiger partial charge < -0.3 is 28.2 Å². The van der Waals surface area contributed by atoms with Crippen molar-refractivity contribution >= 4 is 123 Å². The number of aromatic nitrogens is 3. The Morgan fingerprint density at radius 2 is 0.717 bits per heavy atom. The first-order valence-electron chi connectivity index (χ1n) is 31.7. The molecule has 430 valence electrons. The van der Waals surface area contributed by atoms with Crippen molar-refractivity contribution in [2.75, 3.05) is 9.80 Å². The molecule has 0 atom stereocenters. The number of benzene rings is 14. The highest BCUT2D eigenvalue weighted by Gasteiger charge is 2.44. The third kappa shape index (κ3) is 7.82. The summed E-state index contributed by atoms with van der Waals surface area (Å²) < 4.78 is 15.2. The van der Waals surface area contributed by atoms with E-state index >= 15 is 0 Å². The Balaban J connectivity index is 0.927. The minimum Gasteiger partial charge on any atom is -0.458 e. The number of fused-ring (bicyclic) bond motifs is 16. The summed E-state index contributed by atoms with van der Waals surface area (Å²) in [6.45, 7) is -0.240. The van der Waals surface area contributed by atoms with Gasteiger partial charge in [0.1, 0.15) is 11.5 Å². The number of para-hydroxylation sites is 8. The molecule has 0 amide bonds. The van der Waals surface area contributed by atoms with Crippen molar-refractivity contribution in [1.82, 2.24) is 13.7 Å². The topological polar surface area (TPSA) is 30.5 Å². The molecule has 2 aliphatic heterocycles. The SMILES string of the molecule is c1ccc(C(c2ccccc2)c2ccc3c(c2)N(c2ccccc2)c2cc(N(c4ccccc4)c4ccccc4)cc4c2B3c2cc(-n3c5ccccc5c5c6c(c7ccccc7n6-c6ccccc6)c6c(c7ccccc7n6-c6ccccc6)c53)ccc2O4)cc1. The van der Waals surface area contributed by atoms with Gasteiger partial charge in [0.05, 0.1) is 38.8 Å². The molecule has 0 unspecified atom stereocenters. The summed E-state index contributed by atoms with van der Waals surface area (Å²) in [6.07, 6.45) is 0. The van der Waals surface area contributed by atoms with Crippen LogP contribution in [0.2, 0.25) is 0 Å². The van der Waals surface area contributed by atoms with Gasteiger partial charge in [-0.2, -0.15) is 0 Å². The van der Waals surface area contributed by atoms with Crippen LogP contribution in [0.5, 0.6) is 11.5 Å². The Morgan fingerprint density at radius 1 is 0.293 bits per heavy atom. The van der Waals surface area contributed by atoms with Crippen LogP contribution in [0, 0.1) is 0 Å². The van der Waals surface area contributed by atoms with Crippen molar-refractivity contribution in [2.45, 2.75) is 5.92 Å². The lowest BCUT2D eigenvalue weighted by Crippen LogP contribution is -2.59. The number of anilines is 6. The monoisotopic (exact) mass is 1170 g/mol. The molecule has 0 saturated heterocycles. The molecule has 7 heteroatoms. The number of nitrogens with zero attached hydrogens (tertiary/aromatic N) is 5. The van der Waals surface area contributed by atoms with Crippen LogP contribution in [0.1, 0.15) is 22.6 Å². The molecular formula is C85H56BN5O. The molecule has 0 spiro atoms. The Morgan fingerprint density at radius 3 is 1.21 bits per heavy atom. The highest BCUT2D eigenvalue weighted by Crippen LogP contribution is 2.52. The fourth-order valence-electron chi connectivity index (χ4n) is 15.6. The van der Waals surface area contributed by atoms with Gasteiger partial charge in [-0.05, 0) is 142 Å². The molecule has 0 saturated carbocycles. The Hall–Kier alpha value is -12.1. The van der Waals surface area contributed by atoms with E-state index < -0.39 is 0 Å². The zero-order chi connectivity index (χ0) is 60.4. The molecular weight excluding hydrogens is 1120 g/mol. The van der Waals surface area contributed by atoms with Gasteiger partial charge >= 0.3 is 0 Å². The molecule has 2 aliphatic rings. The van der Waals surface area contributed by atoms with Crippen LogP contribution in [0.4, 0.5) is 34.1 Å². The summed E-state index contributed by atoms with van der Waals surface area (Å²) in [5.41, 5.74) is 23.7. The van der Waals surface area contributed by atoms with Crippen LogP contribution in [0.3, 0.4) is 0 Å². The van der Waals surface area contributed by atoms with E-state index in [1.165, 1.54) is 65.5 Å². The standard InChI is InChI=1S/C85H56BN5O/c1-8-28-56(29-9-1)78(57-30-10-2-11-31-57)58-48-50-69-74(52-58)88(61-36-16-5-17-37-61)75-54-65(87(59-32-12-3-13-33-59)60-34-14-4-15-35-60)55-77-82(75)86(69)70-53-64(49-51-76(70)92-77)91-73-47-27-24-44-68(73)81-84-79(66-42-22-25-45-71(66)89(84)62-38-18-6-19-39-62)83-80(85(81)91)67-43-23-26-46-72(67)90(83)63-40-20-7-21-41-63/h1-55,78H. The molecule has 0 fully saturated rings. The quantitative estimate of drug-likeness (QED) is 0.101. The van der Waals surface area contributed by atoms with E-state index in [0.717, 1.165) is 95.7 Å². The van der Waals surface area contributed by atoms with Crippen LogP contribution in [-0.2, 0) is 0 Å². The van der Waals surface area contributed by atoms with Crippen LogP contribution in [0.25, 0.3) is 82.5 Å².